The Bertz CT molecular complexity index is 1080. The van der Waals surface area contributed by atoms with Crippen molar-refractivity contribution in [2.75, 3.05) is 45.1 Å². The highest BCUT2D eigenvalue weighted by Gasteiger charge is 2.21. The first-order valence-corrected chi connectivity index (χ1v) is 9.09. The SMILES string of the molecule is Cc1oc2ccc3c(C)cc(=O)oc3c2c1NC(=O)CN1CCN(C)CC1.Cl. The molecule has 28 heavy (non-hydrogen) atoms. The second-order valence-electron chi connectivity index (χ2n) is 7.22. The Morgan fingerprint density at radius 3 is 2.57 bits per heavy atom. The number of halogens is 1. The van der Waals surface area contributed by atoms with Gasteiger partial charge >= 0.3 is 5.63 Å². The second kappa shape index (κ2) is 7.95. The van der Waals surface area contributed by atoms with E-state index in [1.54, 1.807) is 6.92 Å². The zero-order valence-electron chi connectivity index (χ0n) is 16.2. The van der Waals surface area contributed by atoms with E-state index in [2.05, 4.69) is 22.2 Å². The number of piperazine rings is 1. The molecular weight excluding hydrogens is 382 g/mol. The van der Waals surface area contributed by atoms with Crippen LogP contribution in [-0.2, 0) is 4.79 Å². The lowest BCUT2D eigenvalue weighted by molar-refractivity contribution is -0.117. The summed E-state index contributed by atoms with van der Waals surface area (Å²) < 4.78 is 11.3. The average Bonchev–Trinajstić information content (AvgIpc) is 2.92. The number of benzene rings is 1. The number of aryl methyl sites for hydroxylation is 2. The molecular formula is C20H24ClN3O4. The Balaban J connectivity index is 0.00000225. The maximum absolute atomic E-state index is 12.6. The Morgan fingerprint density at radius 1 is 1.14 bits per heavy atom. The molecule has 150 valence electrons. The highest BCUT2D eigenvalue weighted by Crippen LogP contribution is 2.36. The van der Waals surface area contributed by atoms with Gasteiger partial charge in [-0.25, -0.2) is 4.79 Å². The van der Waals surface area contributed by atoms with Gasteiger partial charge in [-0.05, 0) is 38.6 Å². The molecule has 0 atom stereocenters. The lowest BCUT2D eigenvalue weighted by Gasteiger charge is -2.31. The molecule has 0 spiro atoms. The van der Waals surface area contributed by atoms with Crippen LogP contribution in [0.3, 0.4) is 0 Å². The van der Waals surface area contributed by atoms with Crippen molar-refractivity contribution in [1.82, 2.24) is 9.80 Å². The number of rotatable bonds is 3. The van der Waals surface area contributed by atoms with Gasteiger partial charge in [-0.2, -0.15) is 0 Å². The first-order valence-electron chi connectivity index (χ1n) is 9.09. The van der Waals surface area contributed by atoms with Crippen LogP contribution in [0.5, 0.6) is 0 Å². The van der Waals surface area contributed by atoms with Crippen LogP contribution in [0.2, 0.25) is 0 Å². The van der Waals surface area contributed by atoms with Crippen LogP contribution < -0.4 is 10.9 Å². The summed E-state index contributed by atoms with van der Waals surface area (Å²) in [5.41, 5.74) is 2.02. The van der Waals surface area contributed by atoms with E-state index in [0.29, 0.717) is 34.5 Å². The smallest absolute Gasteiger partial charge is 0.336 e. The Hall–Kier alpha value is -2.35. The van der Waals surface area contributed by atoms with Gasteiger partial charge in [0.25, 0.3) is 0 Å². The summed E-state index contributed by atoms with van der Waals surface area (Å²) in [6.45, 7) is 7.63. The van der Waals surface area contributed by atoms with Crippen LogP contribution in [0.15, 0.2) is 31.8 Å². The molecule has 0 bridgehead atoms. The van der Waals surface area contributed by atoms with Crippen molar-refractivity contribution in [2.45, 2.75) is 13.8 Å². The van der Waals surface area contributed by atoms with Gasteiger partial charge in [0.1, 0.15) is 11.3 Å². The first-order chi connectivity index (χ1) is 12.9. The number of amides is 1. The predicted molar refractivity (Wildman–Crippen MR) is 112 cm³/mol. The first kappa shape index (κ1) is 20.4. The van der Waals surface area contributed by atoms with Crippen LogP contribution in [0.25, 0.3) is 21.9 Å². The van der Waals surface area contributed by atoms with E-state index in [0.717, 1.165) is 37.1 Å². The topological polar surface area (TPSA) is 78.9 Å². The number of carbonyl (C=O) groups is 1. The molecule has 0 aliphatic carbocycles. The van der Waals surface area contributed by atoms with E-state index >= 15 is 0 Å². The quantitative estimate of drug-likeness (QED) is 0.675. The molecule has 0 saturated carbocycles. The lowest BCUT2D eigenvalue weighted by Crippen LogP contribution is -2.47. The van der Waals surface area contributed by atoms with E-state index in [4.69, 9.17) is 8.83 Å². The fourth-order valence-corrected chi connectivity index (χ4v) is 3.62. The average molecular weight is 406 g/mol. The molecule has 1 fully saturated rings. The number of nitrogens with one attached hydrogen (secondary N) is 1. The summed E-state index contributed by atoms with van der Waals surface area (Å²) in [4.78, 5) is 28.9. The van der Waals surface area contributed by atoms with Crippen molar-refractivity contribution in [3.8, 4) is 0 Å². The molecule has 0 unspecified atom stereocenters. The minimum atomic E-state index is -0.416. The van der Waals surface area contributed by atoms with Gasteiger partial charge < -0.3 is 19.1 Å². The largest absolute Gasteiger partial charge is 0.459 e. The molecule has 1 aliphatic rings. The highest BCUT2D eigenvalue weighted by molar-refractivity contribution is 6.13. The third-order valence-corrected chi connectivity index (χ3v) is 5.17. The van der Waals surface area contributed by atoms with Crippen molar-refractivity contribution in [2.24, 2.45) is 0 Å². The lowest BCUT2D eigenvalue weighted by atomic mass is 10.1. The number of furan rings is 1. The minimum absolute atomic E-state index is 0. The molecule has 3 heterocycles. The van der Waals surface area contributed by atoms with Crippen molar-refractivity contribution in [3.63, 3.8) is 0 Å². The van der Waals surface area contributed by atoms with Gasteiger partial charge in [-0.1, -0.05) is 0 Å². The Kier molecular flexibility index (Phi) is 5.79. The summed E-state index contributed by atoms with van der Waals surface area (Å²) >= 11 is 0. The van der Waals surface area contributed by atoms with Crippen molar-refractivity contribution in [1.29, 1.82) is 0 Å². The summed E-state index contributed by atoms with van der Waals surface area (Å²) in [5, 5.41) is 4.44. The molecule has 8 heteroatoms. The van der Waals surface area contributed by atoms with E-state index in [1.807, 2.05) is 19.1 Å². The number of anilines is 1. The van der Waals surface area contributed by atoms with Gasteiger partial charge in [0.05, 0.1) is 17.6 Å². The standard InChI is InChI=1S/C20H23N3O4.ClH/c1-12-10-17(25)27-20-14(12)4-5-15-18(20)19(13(2)26-15)21-16(24)11-23-8-6-22(3)7-9-23;/h4-5,10H,6-9,11H2,1-3H3,(H,21,24);1H. The number of carbonyl (C=O) groups excluding carboxylic acids is 1. The zero-order chi connectivity index (χ0) is 19.1. The van der Waals surface area contributed by atoms with Gasteiger partial charge in [0.15, 0.2) is 5.58 Å². The molecule has 3 aromatic rings. The van der Waals surface area contributed by atoms with Gasteiger partial charge in [0, 0.05) is 37.6 Å². The van der Waals surface area contributed by atoms with Crippen LogP contribution in [-0.4, -0.2) is 55.5 Å². The summed E-state index contributed by atoms with van der Waals surface area (Å²) in [6.07, 6.45) is 0. The third-order valence-electron chi connectivity index (χ3n) is 5.17. The van der Waals surface area contributed by atoms with Crippen molar-refractivity contribution < 1.29 is 13.6 Å². The molecule has 1 aromatic carbocycles. The van der Waals surface area contributed by atoms with Crippen molar-refractivity contribution >= 4 is 45.9 Å². The molecule has 2 aromatic heterocycles. The monoisotopic (exact) mass is 405 g/mol. The number of fused-ring (bicyclic) bond motifs is 3. The molecule has 1 N–H and O–H groups in total. The van der Waals surface area contributed by atoms with Gasteiger partial charge in [0.2, 0.25) is 5.91 Å². The second-order valence-corrected chi connectivity index (χ2v) is 7.22. The third kappa shape index (κ3) is 3.78. The van der Waals surface area contributed by atoms with Crippen LogP contribution in [0, 0.1) is 13.8 Å². The number of likely N-dealkylation sites (N-methyl/N-ethyl adjacent to an activating group) is 1. The molecule has 0 radical (unpaired) electrons. The molecule has 1 amide bonds. The fraction of sp³-hybridized carbons (Fsp3) is 0.400. The minimum Gasteiger partial charge on any atom is -0.459 e. The Morgan fingerprint density at radius 2 is 1.86 bits per heavy atom. The maximum atomic E-state index is 12.6. The normalized spacial score (nSPS) is 15.7. The fourth-order valence-electron chi connectivity index (χ4n) is 3.62. The van der Waals surface area contributed by atoms with E-state index in [1.165, 1.54) is 6.07 Å². The van der Waals surface area contributed by atoms with Crippen molar-refractivity contribution in [3.05, 3.63) is 39.9 Å². The summed E-state index contributed by atoms with van der Waals surface area (Å²) in [6, 6.07) is 5.18. The number of nitrogens with zero attached hydrogens (tertiary/aromatic N) is 2. The van der Waals surface area contributed by atoms with E-state index in [-0.39, 0.29) is 18.3 Å². The van der Waals surface area contributed by atoms with Crippen LogP contribution >= 0.6 is 12.4 Å². The maximum Gasteiger partial charge on any atom is 0.336 e. The van der Waals surface area contributed by atoms with E-state index in [9.17, 15) is 9.59 Å². The Labute approximate surface area is 168 Å². The van der Waals surface area contributed by atoms with Gasteiger partial charge in [-0.3, -0.25) is 9.69 Å². The number of hydrogen-bond donors (Lipinski definition) is 1. The van der Waals surface area contributed by atoms with E-state index < -0.39 is 5.63 Å². The summed E-state index contributed by atoms with van der Waals surface area (Å²) in [7, 11) is 2.08. The highest BCUT2D eigenvalue weighted by atomic mass is 35.5. The molecule has 7 nitrogen and oxygen atoms in total. The molecule has 1 aliphatic heterocycles. The van der Waals surface area contributed by atoms with Crippen LogP contribution in [0.4, 0.5) is 5.69 Å². The predicted octanol–water partition coefficient (Wildman–Crippen LogP) is 2.76. The zero-order valence-corrected chi connectivity index (χ0v) is 17.0. The van der Waals surface area contributed by atoms with Crippen LogP contribution in [0.1, 0.15) is 11.3 Å². The molecule has 4 rings (SSSR count). The van der Waals surface area contributed by atoms with Gasteiger partial charge in [-0.15, -0.1) is 12.4 Å². The number of hydrogen-bond acceptors (Lipinski definition) is 6. The summed E-state index contributed by atoms with van der Waals surface area (Å²) in [5.74, 6) is 0.491. The molecule has 1 saturated heterocycles.